The Labute approximate surface area is 134 Å². The molecule has 4 rings (SSSR count). The lowest BCUT2D eigenvalue weighted by atomic mass is 10.1. The number of ether oxygens (including phenoxy) is 1. The highest BCUT2D eigenvalue weighted by atomic mass is 32.1. The van der Waals surface area contributed by atoms with Crippen LogP contribution in [0.1, 0.15) is 10.4 Å². The Bertz CT molecular complexity index is 989. The number of fused-ring (bicyclic) bond motifs is 2. The number of amides is 1. The van der Waals surface area contributed by atoms with Gasteiger partial charge in [-0.25, -0.2) is 4.98 Å². The minimum absolute atomic E-state index is 0.185. The second-order valence-electron chi connectivity index (χ2n) is 4.79. The molecule has 0 saturated heterocycles. The lowest BCUT2D eigenvalue weighted by Crippen LogP contribution is -2.17. The molecular formula is C16H11N3O3S. The van der Waals surface area contributed by atoms with Gasteiger partial charge in [0.25, 0.3) is 11.1 Å². The predicted molar refractivity (Wildman–Crippen MR) is 87.1 cm³/mol. The highest BCUT2D eigenvalue weighted by Crippen LogP contribution is 2.32. The quantitative estimate of drug-likeness (QED) is 0.623. The maximum absolute atomic E-state index is 11.7. The fourth-order valence-electron chi connectivity index (χ4n) is 2.28. The summed E-state index contributed by atoms with van der Waals surface area (Å²) in [7, 11) is 1.58. The number of thiazole rings is 1. The molecule has 0 saturated carbocycles. The van der Waals surface area contributed by atoms with Crippen molar-refractivity contribution in [3.05, 3.63) is 48.4 Å². The first-order chi connectivity index (χ1) is 11.2. The largest absolute Gasteiger partial charge is 0.463 e. The SMILES string of the molecule is CNC(=O)c1coc2cc(Oc3nc4ncccc4s3)ccc12. The molecule has 7 heteroatoms. The molecule has 23 heavy (non-hydrogen) atoms. The van der Waals surface area contributed by atoms with E-state index in [1.807, 2.05) is 12.1 Å². The van der Waals surface area contributed by atoms with Crippen LogP contribution in [0, 0.1) is 0 Å². The Morgan fingerprint density at radius 1 is 1.35 bits per heavy atom. The van der Waals surface area contributed by atoms with Crippen molar-refractivity contribution in [2.45, 2.75) is 0 Å². The third-order valence-electron chi connectivity index (χ3n) is 3.37. The fourth-order valence-corrected chi connectivity index (χ4v) is 3.07. The summed E-state index contributed by atoms with van der Waals surface area (Å²) in [4.78, 5) is 20.3. The zero-order valence-electron chi connectivity index (χ0n) is 12.1. The number of pyridine rings is 1. The highest BCUT2D eigenvalue weighted by molar-refractivity contribution is 7.20. The van der Waals surface area contributed by atoms with Crippen molar-refractivity contribution in [2.24, 2.45) is 0 Å². The number of hydrogen-bond donors (Lipinski definition) is 1. The lowest BCUT2D eigenvalue weighted by molar-refractivity contribution is 0.0964. The average Bonchev–Trinajstić information content (AvgIpc) is 3.16. The van der Waals surface area contributed by atoms with Crippen LogP contribution in [0.3, 0.4) is 0 Å². The average molecular weight is 325 g/mol. The van der Waals surface area contributed by atoms with Gasteiger partial charge >= 0.3 is 0 Å². The third kappa shape index (κ3) is 2.40. The summed E-state index contributed by atoms with van der Waals surface area (Å²) in [5.41, 5.74) is 1.74. The molecule has 1 N–H and O–H groups in total. The Morgan fingerprint density at radius 2 is 2.26 bits per heavy atom. The first-order valence-electron chi connectivity index (χ1n) is 6.87. The van der Waals surface area contributed by atoms with Crippen molar-refractivity contribution >= 4 is 38.6 Å². The van der Waals surface area contributed by atoms with Gasteiger partial charge in [-0.05, 0) is 24.3 Å². The van der Waals surface area contributed by atoms with E-state index in [2.05, 4.69) is 15.3 Å². The van der Waals surface area contributed by atoms with Crippen molar-refractivity contribution in [1.29, 1.82) is 0 Å². The molecule has 0 atom stereocenters. The molecule has 6 nitrogen and oxygen atoms in total. The predicted octanol–water partition coefficient (Wildman–Crippen LogP) is 3.59. The van der Waals surface area contributed by atoms with Gasteiger partial charge in [-0.15, -0.1) is 0 Å². The smallest absolute Gasteiger partial charge is 0.281 e. The van der Waals surface area contributed by atoms with E-state index in [0.717, 1.165) is 10.1 Å². The number of carbonyl (C=O) groups excluding carboxylic acids is 1. The lowest BCUT2D eigenvalue weighted by Gasteiger charge is -2.01. The Morgan fingerprint density at radius 3 is 3.09 bits per heavy atom. The van der Waals surface area contributed by atoms with Gasteiger partial charge < -0.3 is 14.5 Å². The topological polar surface area (TPSA) is 77.2 Å². The Hall–Kier alpha value is -2.93. The van der Waals surface area contributed by atoms with E-state index in [-0.39, 0.29) is 5.91 Å². The van der Waals surface area contributed by atoms with Crippen molar-refractivity contribution in [3.8, 4) is 10.9 Å². The van der Waals surface area contributed by atoms with Crippen LogP contribution in [-0.4, -0.2) is 22.9 Å². The second kappa shape index (κ2) is 5.36. The molecule has 0 aliphatic heterocycles. The Kier molecular flexibility index (Phi) is 3.20. The van der Waals surface area contributed by atoms with Gasteiger partial charge in [-0.1, -0.05) is 11.3 Å². The summed E-state index contributed by atoms with van der Waals surface area (Å²) in [5.74, 6) is 0.407. The number of furan rings is 1. The normalized spacial score (nSPS) is 11.0. The molecule has 0 spiro atoms. The molecule has 3 heterocycles. The molecule has 3 aromatic heterocycles. The van der Waals surface area contributed by atoms with E-state index >= 15 is 0 Å². The number of hydrogen-bond acceptors (Lipinski definition) is 6. The standard InChI is InChI=1S/C16H11N3O3S/c1-17-15(20)11-8-21-12-7-9(4-5-10(11)12)22-16-19-14-13(23-16)3-2-6-18-14/h2-8H,1H3,(H,17,20). The maximum atomic E-state index is 11.7. The van der Waals surface area contributed by atoms with Gasteiger partial charge in [0.2, 0.25) is 0 Å². The molecule has 1 amide bonds. The molecule has 0 aliphatic rings. The minimum atomic E-state index is -0.185. The summed E-state index contributed by atoms with van der Waals surface area (Å²) in [6.45, 7) is 0. The van der Waals surface area contributed by atoms with Crippen LogP contribution in [0.2, 0.25) is 0 Å². The summed E-state index contributed by atoms with van der Waals surface area (Å²) < 4.78 is 12.2. The minimum Gasteiger partial charge on any atom is -0.463 e. The summed E-state index contributed by atoms with van der Waals surface area (Å²) in [5, 5.41) is 3.83. The van der Waals surface area contributed by atoms with Gasteiger partial charge in [0, 0.05) is 24.7 Å². The number of aromatic nitrogens is 2. The molecule has 0 fully saturated rings. The first kappa shape index (κ1) is 13.7. The number of rotatable bonds is 3. The molecule has 0 radical (unpaired) electrons. The number of nitrogens with zero attached hydrogens (tertiary/aromatic N) is 2. The number of nitrogens with one attached hydrogen (secondary N) is 1. The fraction of sp³-hybridized carbons (Fsp3) is 0.0625. The van der Waals surface area contributed by atoms with Crippen LogP contribution in [-0.2, 0) is 0 Å². The van der Waals surface area contributed by atoms with Gasteiger partial charge in [-0.2, -0.15) is 4.98 Å². The highest BCUT2D eigenvalue weighted by Gasteiger charge is 2.14. The van der Waals surface area contributed by atoms with Crippen molar-refractivity contribution in [2.75, 3.05) is 7.05 Å². The van der Waals surface area contributed by atoms with Gasteiger partial charge in [0.1, 0.15) is 17.6 Å². The van der Waals surface area contributed by atoms with Crippen LogP contribution in [0.4, 0.5) is 0 Å². The number of carbonyl (C=O) groups is 1. The Balaban J connectivity index is 1.68. The monoisotopic (exact) mass is 325 g/mol. The summed E-state index contributed by atoms with van der Waals surface area (Å²) >= 11 is 1.42. The van der Waals surface area contributed by atoms with Gasteiger partial charge in [0.05, 0.1) is 10.3 Å². The maximum Gasteiger partial charge on any atom is 0.281 e. The molecule has 1 aromatic carbocycles. The molecule has 0 aliphatic carbocycles. The van der Waals surface area contributed by atoms with E-state index in [1.165, 1.54) is 17.6 Å². The van der Waals surface area contributed by atoms with Crippen LogP contribution in [0.25, 0.3) is 21.3 Å². The number of benzene rings is 1. The zero-order valence-corrected chi connectivity index (χ0v) is 12.9. The zero-order chi connectivity index (χ0) is 15.8. The van der Waals surface area contributed by atoms with E-state index in [4.69, 9.17) is 9.15 Å². The third-order valence-corrected chi connectivity index (χ3v) is 4.26. The van der Waals surface area contributed by atoms with Crippen LogP contribution in [0.5, 0.6) is 10.9 Å². The van der Waals surface area contributed by atoms with Crippen LogP contribution in [0.15, 0.2) is 47.2 Å². The van der Waals surface area contributed by atoms with Crippen LogP contribution < -0.4 is 10.1 Å². The van der Waals surface area contributed by atoms with E-state index in [9.17, 15) is 4.79 Å². The molecule has 0 unspecified atom stereocenters. The molecule has 0 bridgehead atoms. The summed E-state index contributed by atoms with van der Waals surface area (Å²) in [6.07, 6.45) is 3.13. The molecule has 4 aromatic rings. The molecule has 114 valence electrons. The van der Waals surface area contributed by atoms with Gasteiger partial charge in [-0.3, -0.25) is 4.79 Å². The van der Waals surface area contributed by atoms with Crippen molar-refractivity contribution < 1.29 is 13.9 Å². The van der Waals surface area contributed by atoms with E-state index in [1.54, 1.807) is 31.4 Å². The second-order valence-corrected chi connectivity index (χ2v) is 5.79. The summed E-state index contributed by atoms with van der Waals surface area (Å²) in [6, 6.07) is 9.12. The first-order valence-corrected chi connectivity index (χ1v) is 7.69. The van der Waals surface area contributed by atoms with E-state index < -0.39 is 0 Å². The van der Waals surface area contributed by atoms with Gasteiger partial charge in [0.15, 0.2) is 5.65 Å². The molecular weight excluding hydrogens is 314 g/mol. The van der Waals surface area contributed by atoms with Crippen molar-refractivity contribution in [3.63, 3.8) is 0 Å². The van der Waals surface area contributed by atoms with Crippen molar-refractivity contribution in [1.82, 2.24) is 15.3 Å². The van der Waals surface area contributed by atoms with Crippen LogP contribution >= 0.6 is 11.3 Å². The van der Waals surface area contributed by atoms with E-state index in [0.29, 0.717) is 27.7 Å².